The molecule has 0 saturated heterocycles. The van der Waals surface area contributed by atoms with Crippen LogP contribution in [-0.2, 0) is 6.42 Å². The molecule has 2 nitrogen and oxygen atoms in total. The summed E-state index contributed by atoms with van der Waals surface area (Å²) in [5.41, 5.74) is 3.55. The Morgan fingerprint density at radius 1 is 1.45 bits per heavy atom. The van der Waals surface area contributed by atoms with Gasteiger partial charge >= 0.3 is 0 Å². The first-order chi connectivity index (χ1) is 9.63. The molecular weight excluding hydrogens is 275 g/mol. The number of rotatable bonds is 5. The van der Waals surface area contributed by atoms with Crippen LogP contribution in [0.15, 0.2) is 18.2 Å². The van der Waals surface area contributed by atoms with Crippen molar-refractivity contribution in [2.75, 3.05) is 0 Å². The average Bonchev–Trinajstić information content (AvgIpc) is 2.48. The summed E-state index contributed by atoms with van der Waals surface area (Å²) in [6.45, 7) is 2.24. The van der Waals surface area contributed by atoms with Crippen molar-refractivity contribution in [1.29, 1.82) is 0 Å². The van der Waals surface area contributed by atoms with E-state index >= 15 is 0 Å². The maximum Gasteiger partial charge on any atom is 0.126 e. The van der Waals surface area contributed by atoms with Crippen LogP contribution >= 0.6 is 11.6 Å². The van der Waals surface area contributed by atoms with Crippen LogP contribution in [0.3, 0.4) is 0 Å². The Hall–Kier alpha value is -0.640. The molecule has 0 aromatic heterocycles. The minimum absolute atomic E-state index is 0.123. The summed E-state index contributed by atoms with van der Waals surface area (Å²) in [4.78, 5) is 0. The highest BCUT2D eigenvalue weighted by Crippen LogP contribution is 2.34. The molecule has 0 aliphatic heterocycles. The lowest BCUT2D eigenvalue weighted by Crippen LogP contribution is -2.44. The summed E-state index contributed by atoms with van der Waals surface area (Å²) in [7, 11) is 0. The molecule has 0 amide bonds. The zero-order valence-corrected chi connectivity index (χ0v) is 12.8. The van der Waals surface area contributed by atoms with Gasteiger partial charge in [0.15, 0.2) is 0 Å². The van der Waals surface area contributed by atoms with Crippen LogP contribution in [0.2, 0.25) is 5.02 Å². The summed E-state index contributed by atoms with van der Waals surface area (Å²) >= 11 is 5.96. The van der Waals surface area contributed by atoms with Crippen LogP contribution < -0.4 is 11.3 Å². The van der Waals surface area contributed by atoms with Gasteiger partial charge in [-0.3, -0.25) is 11.3 Å². The summed E-state index contributed by atoms with van der Waals surface area (Å²) in [5.74, 6) is 6.84. The van der Waals surface area contributed by atoms with E-state index in [-0.39, 0.29) is 11.9 Å². The van der Waals surface area contributed by atoms with Crippen molar-refractivity contribution < 1.29 is 4.39 Å². The van der Waals surface area contributed by atoms with Gasteiger partial charge in [0.25, 0.3) is 0 Å². The molecule has 1 aromatic carbocycles. The van der Waals surface area contributed by atoms with E-state index in [2.05, 4.69) is 12.3 Å². The predicted molar refractivity (Wildman–Crippen MR) is 82.0 cm³/mol. The molecule has 2 rings (SSSR count). The van der Waals surface area contributed by atoms with Crippen LogP contribution in [0, 0.1) is 17.7 Å². The molecule has 112 valence electrons. The summed E-state index contributed by atoms with van der Waals surface area (Å²) in [6.07, 6.45) is 6.75. The zero-order chi connectivity index (χ0) is 14.5. The molecule has 3 N–H and O–H groups in total. The Morgan fingerprint density at radius 2 is 2.25 bits per heavy atom. The van der Waals surface area contributed by atoms with Crippen LogP contribution in [-0.4, -0.2) is 6.04 Å². The van der Waals surface area contributed by atoms with Gasteiger partial charge in [-0.05, 0) is 54.9 Å². The molecule has 1 aliphatic carbocycles. The van der Waals surface area contributed by atoms with E-state index in [4.69, 9.17) is 17.4 Å². The van der Waals surface area contributed by atoms with Crippen molar-refractivity contribution in [3.63, 3.8) is 0 Å². The first kappa shape index (κ1) is 15.7. The molecule has 0 heterocycles. The Labute approximate surface area is 125 Å². The fourth-order valence-electron chi connectivity index (χ4n) is 3.37. The van der Waals surface area contributed by atoms with Gasteiger partial charge in [-0.1, -0.05) is 37.8 Å². The molecule has 0 radical (unpaired) electrons. The molecule has 1 aromatic rings. The summed E-state index contributed by atoms with van der Waals surface area (Å²) in [6, 6.07) is 4.85. The Morgan fingerprint density at radius 3 is 2.95 bits per heavy atom. The SMILES string of the molecule is CCC1CCCC(C(Cc2cc(Cl)ccc2F)NN)C1. The van der Waals surface area contributed by atoms with E-state index in [9.17, 15) is 4.39 Å². The largest absolute Gasteiger partial charge is 0.271 e. The fraction of sp³-hybridized carbons (Fsp3) is 0.625. The van der Waals surface area contributed by atoms with E-state index in [1.165, 1.54) is 38.2 Å². The first-order valence-electron chi connectivity index (χ1n) is 7.54. The van der Waals surface area contributed by atoms with Gasteiger partial charge in [-0.15, -0.1) is 0 Å². The Bertz CT molecular complexity index is 438. The molecule has 1 fully saturated rings. The van der Waals surface area contributed by atoms with Gasteiger partial charge in [-0.2, -0.15) is 0 Å². The second-order valence-corrected chi connectivity index (χ2v) is 6.35. The maximum atomic E-state index is 13.8. The Kier molecular flexibility index (Phi) is 5.82. The van der Waals surface area contributed by atoms with Gasteiger partial charge in [0.05, 0.1) is 0 Å². The van der Waals surface area contributed by atoms with Crippen LogP contribution in [0.5, 0.6) is 0 Å². The average molecular weight is 299 g/mol. The summed E-state index contributed by atoms with van der Waals surface area (Å²) < 4.78 is 13.8. The van der Waals surface area contributed by atoms with Crippen LogP contribution in [0.4, 0.5) is 4.39 Å². The molecule has 4 heteroatoms. The fourth-order valence-corrected chi connectivity index (χ4v) is 3.56. The number of benzene rings is 1. The minimum atomic E-state index is -0.197. The highest BCUT2D eigenvalue weighted by molar-refractivity contribution is 6.30. The lowest BCUT2D eigenvalue weighted by Gasteiger charge is -2.34. The van der Waals surface area contributed by atoms with Crippen molar-refractivity contribution >= 4 is 11.6 Å². The zero-order valence-electron chi connectivity index (χ0n) is 12.0. The van der Waals surface area contributed by atoms with E-state index < -0.39 is 0 Å². The van der Waals surface area contributed by atoms with Crippen molar-refractivity contribution in [2.45, 2.75) is 51.5 Å². The number of hydrogen-bond donors (Lipinski definition) is 2. The number of nitrogens with two attached hydrogens (primary N) is 1. The normalized spacial score (nSPS) is 24.6. The second kappa shape index (κ2) is 7.39. The van der Waals surface area contributed by atoms with Gasteiger partial charge in [-0.25, -0.2) is 4.39 Å². The van der Waals surface area contributed by atoms with E-state index in [0.717, 1.165) is 5.92 Å². The van der Waals surface area contributed by atoms with E-state index in [1.54, 1.807) is 12.1 Å². The standard InChI is InChI=1S/C16H24ClFN2/c1-2-11-4-3-5-12(8-11)16(20-19)10-13-9-14(17)6-7-15(13)18/h6-7,9,11-12,16,20H,2-5,8,10,19H2,1H3. The van der Waals surface area contributed by atoms with Gasteiger partial charge in [0.2, 0.25) is 0 Å². The molecule has 20 heavy (non-hydrogen) atoms. The van der Waals surface area contributed by atoms with E-state index in [0.29, 0.717) is 22.9 Å². The van der Waals surface area contributed by atoms with Gasteiger partial charge in [0, 0.05) is 11.1 Å². The molecule has 3 unspecified atom stereocenters. The minimum Gasteiger partial charge on any atom is -0.271 e. The van der Waals surface area contributed by atoms with Gasteiger partial charge < -0.3 is 0 Å². The first-order valence-corrected chi connectivity index (χ1v) is 7.91. The number of halogens is 2. The molecule has 3 atom stereocenters. The van der Waals surface area contributed by atoms with Crippen molar-refractivity contribution in [1.82, 2.24) is 5.43 Å². The highest BCUT2D eigenvalue weighted by Gasteiger charge is 2.27. The maximum absolute atomic E-state index is 13.8. The lowest BCUT2D eigenvalue weighted by molar-refractivity contribution is 0.207. The van der Waals surface area contributed by atoms with Crippen LogP contribution in [0.25, 0.3) is 0 Å². The highest BCUT2D eigenvalue weighted by atomic mass is 35.5. The molecule has 0 spiro atoms. The topological polar surface area (TPSA) is 38.0 Å². The lowest BCUT2D eigenvalue weighted by atomic mass is 9.75. The monoisotopic (exact) mass is 298 g/mol. The quantitative estimate of drug-likeness (QED) is 0.635. The van der Waals surface area contributed by atoms with E-state index in [1.807, 2.05) is 0 Å². The number of hydrazine groups is 1. The van der Waals surface area contributed by atoms with Gasteiger partial charge in [0.1, 0.15) is 5.82 Å². The predicted octanol–water partition coefficient (Wildman–Crippen LogP) is 4.07. The number of hydrogen-bond acceptors (Lipinski definition) is 2. The van der Waals surface area contributed by atoms with Crippen molar-refractivity contribution in [3.8, 4) is 0 Å². The molecular formula is C16H24ClFN2. The third-order valence-electron chi connectivity index (χ3n) is 4.63. The second-order valence-electron chi connectivity index (χ2n) is 5.91. The summed E-state index contributed by atoms with van der Waals surface area (Å²) in [5, 5.41) is 0.576. The number of nitrogens with one attached hydrogen (secondary N) is 1. The van der Waals surface area contributed by atoms with Crippen LogP contribution in [0.1, 0.15) is 44.6 Å². The molecule has 1 saturated carbocycles. The molecule has 0 bridgehead atoms. The smallest absolute Gasteiger partial charge is 0.126 e. The Balaban J connectivity index is 2.06. The van der Waals surface area contributed by atoms with Crippen molar-refractivity contribution in [3.05, 3.63) is 34.6 Å². The third kappa shape index (κ3) is 3.94. The molecule has 1 aliphatic rings. The van der Waals surface area contributed by atoms with Crippen molar-refractivity contribution in [2.24, 2.45) is 17.7 Å². The third-order valence-corrected chi connectivity index (χ3v) is 4.87.